The molecule has 0 aromatic heterocycles. The zero-order valence-electron chi connectivity index (χ0n) is 44.3. The summed E-state index contributed by atoms with van der Waals surface area (Å²) in [6.07, 6.45) is -11.3. The van der Waals surface area contributed by atoms with Crippen molar-refractivity contribution in [1.82, 2.24) is 25.3 Å². The number of thiocarbonyl (C=S) groups is 1. The largest absolute Gasteiger partial charge is 0.467 e. The lowest BCUT2D eigenvalue weighted by molar-refractivity contribution is -0.246. The topological polar surface area (TPSA) is 286 Å². The highest BCUT2D eigenvalue weighted by atomic mass is 32.1. The number of imide groups is 2. The molecule has 3 aromatic rings. The van der Waals surface area contributed by atoms with E-state index in [9.17, 15) is 47.9 Å². The lowest BCUT2D eigenvalue weighted by Crippen LogP contribution is -2.71. The van der Waals surface area contributed by atoms with Crippen LogP contribution in [-0.4, -0.2) is 161 Å². The van der Waals surface area contributed by atoms with Gasteiger partial charge in [-0.15, -0.1) is 0 Å². The van der Waals surface area contributed by atoms with Gasteiger partial charge in [0.2, 0.25) is 11.8 Å². The molecule has 2 N–H and O–H groups in total. The van der Waals surface area contributed by atoms with Gasteiger partial charge in [-0.1, -0.05) is 86.7 Å². The van der Waals surface area contributed by atoms with Crippen LogP contribution in [0.3, 0.4) is 0 Å². The number of hydrogen-bond acceptors (Lipinski definition) is 19. The van der Waals surface area contributed by atoms with E-state index >= 15 is 4.79 Å². The highest BCUT2D eigenvalue weighted by Gasteiger charge is 2.59. The van der Waals surface area contributed by atoms with Crippen LogP contribution in [0.4, 0.5) is 9.59 Å². The fourth-order valence-electron chi connectivity index (χ4n) is 9.41. The summed E-state index contributed by atoms with van der Waals surface area (Å²) in [5, 5.41) is 4.78. The van der Waals surface area contributed by atoms with Crippen molar-refractivity contribution in [1.29, 1.82) is 0 Å². The highest BCUT2D eigenvalue weighted by Crippen LogP contribution is 2.44. The predicted octanol–water partition coefficient (Wildman–Crippen LogP) is 4.35. The van der Waals surface area contributed by atoms with Crippen LogP contribution in [0.5, 0.6) is 0 Å². The molecule has 0 saturated carbocycles. The smallest absolute Gasteiger partial charge is 0.417 e. The first-order chi connectivity index (χ1) is 36.9. The molecule has 1 saturated heterocycles. The van der Waals surface area contributed by atoms with Crippen LogP contribution in [0.25, 0.3) is 11.1 Å². The van der Waals surface area contributed by atoms with E-state index in [2.05, 4.69) is 10.6 Å². The second-order valence-corrected chi connectivity index (χ2v) is 20.0. The Bertz CT molecular complexity index is 2790. The molecule has 23 nitrogen and oxygen atoms in total. The van der Waals surface area contributed by atoms with Crippen LogP contribution in [0, 0.1) is 5.92 Å². The van der Waals surface area contributed by atoms with E-state index < -0.39 is 133 Å². The first-order valence-corrected chi connectivity index (χ1v) is 25.2. The van der Waals surface area contributed by atoms with Crippen molar-refractivity contribution in [3.8, 4) is 11.1 Å². The summed E-state index contributed by atoms with van der Waals surface area (Å²) in [6, 6.07) is 15.1. The van der Waals surface area contributed by atoms with Gasteiger partial charge in [0, 0.05) is 26.7 Å². The van der Waals surface area contributed by atoms with Crippen LogP contribution in [0.1, 0.15) is 106 Å². The number of methoxy groups -OCH3 is 1. The quantitative estimate of drug-likeness (QED) is 0.0730. The van der Waals surface area contributed by atoms with E-state index in [0.717, 1.165) is 50.1 Å². The predicted molar refractivity (Wildman–Crippen MR) is 276 cm³/mol. The molecule has 2 heterocycles. The first kappa shape index (κ1) is 59.1. The van der Waals surface area contributed by atoms with Crippen LogP contribution in [0.15, 0.2) is 72.8 Å². The van der Waals surface area contributed by atoms with E-state index in [0.29, 0.717) is 15.3 Å². The van der Waals surface area contributed by atoms with Gasteiger partial charge in [0.05, 0.1) is 30.1 Å². The monoisotopic (exact) mass is 1100 g/mol. The molecule has 1 fully saturated rings. The summed E-state index contributed by atoms with van der Waals surface area (Å²) in [5.41, 5.74) is 2.76. The number of ether oxygens (including phenoxy) is 7. The van der Waals surface area contributed by atoms with Crippen molar-refractivity contribution in [2.24, 2.45) is 5.92 Å². The van der Waals surface area contributed by atoms with Crippen LogP contribution >= 0.6 is 12.2 Å². The maximum Gasteiger partial charge on any atom is 0.417 e. The van der Waals surface area contributed by atoms with Gasteiger partial charge in [0.25, 0.3) is 17.7 Å². The second-order valence-electron chi connectivity index (χ2n) is 19.8. The average molecular weight is 1100 g/mol. The summed E-state index contributed by atoms with van der Waals surface area (Å²) in [4.78, 5) is 154. The Morgan fingerprint density at radius 3 is 1.78 bits per heavy atom. The molecule has 0 bridgehead atoms. The van der Waals surface area contributed by atoms with Gasteiger partial charge in [-0.3, -0.25) is 48.2 Å². The molecule has 6 rings (SSSR count). The van der Waals surface area contributed by atoms with Crippen molar-refractivity contribution < 1.29 is 85.9 Å². The number of fused-ring (bicyclic) bond motifs is 4. The van der Waals surface area contributed by atoms with Crippen molar-refractivity contribution in [3.63, 3.8) is 0 Å². The number of carbonyl (C=O) groups is 11. The van der Waals surface area contributed by atoms with Gasteiger partial charge in [-0.2, -0.15) is 0 Å². The maximum atomic E-state index is 15.3. The number of alkyl carbamates (subject to hydrolysis) is 1. The Morgan fingerprint density at radius 1 is 0.744 bits per heavy atom. The zero-order valence-corrected chi connectivity index (χ0v) is 45.2. The van der Waals surface area contributed by atoms with Crippen molar-refractivity contribution >= 4 is 83.3 Å². The molecular weight excluding hydrogens is 1040 g/mol. The molecule has 3 aliphatic rings. The Balaban J connectivity index is 1.41. The van der Waals surface area contributed by atoms with Gasteiger partial charge in [-0.05, 0) is 67.5 Å². The summed E-state index contributed by atoms with van der Waals surface area (Å²) in [7, 11) is 1.06. The van der Waals surface area contributed by atoms with Crippen LogP contribution in [-0.2, 0) is 66.7 Å². The summed E-state index contributed by atoms with van der Waals surface area (Å²) < 4.78 is 39.1. The molecule has 0 spiro atoms. The fraction of sp³-hybridized carbons (Fsp3) is 0.444. The number of hydrogen-bond donors (Lipinski definition) is 2. The molecule has 0 unspecified atom stereocenters. The zero-order chi connectivity index (χ0) is 57.3. The number of carbonyl (C=O) groups excluding carboxylic acids is 11. The minimum absolute atomic E-state index is 0.0441. The number of rotatable bonds is 19. The molecule has 78 heavy (non-hydrogen) atoms. The third-order valence-electron chi connectivity index (χ3n) is 12.6. The van der Waals surface area contributed by atoms with E-state index in [4.69, 9.17) is 45.4 Å². The van der Waals surface area contributed by atoms with Crippen LogP contribution in [0.2, 0.25) is 0 Å². The lowest BCUT2D eigenvalue weighted by Gasteiger charge is -2.49. The normalized spacial score (nSPS) is 19.2. The van der Waals surface area contributed by atoms with Gasteiger partial charge >= 0.3 is 36.1 Å². The summed E-state index contributed by atoms with van der Waals surface area (Å²) in [6.45, 7) is 8.83. The standard InChI is InChI=1S/C54H61N5O18S/c1-28(2)22-39(51(68)71-9)56-47(65)40(58(53(70)77-54(6,7)8)43(64)24-55-52(69)73-25-38-34-18-12-10-16-32(34)33-17-11-13-19-35(33)38)23-42(63)57(27-78)50-44(59-48(66)36-20-14-15-21-37(36)49(59)67)46(75-31(5)62)45(74-30(4)61)41(76-50)26-72-29(3)60/h10-21,27-28,38-41,44-46,50H,22-26H2,1-9H3,(H,55,69)(H,56,65)/t39-,40-,41+,44+,45+,46+,50+/m0/s1. The van der Waals surface area contributed by atoms with E-state index in [-0.39, 0.29) is 40.9 Å². The Morgan fingerprint density at radius 2 is 1.28 bits per heavy atom. The number of nitrogens with one attached hydrogen (secondary N) is 2. The van der Waals surface area contributed by atoms with Crippen molar-refractivity contribution in [2.45, 2.75) is 122 Å². The number of amides is 7. The van der Waals surface area contributed by atoms with E-state index in [1.165, 1.54) is 45.0 Å². The number of benzene rings is 3. The first-order valence-electron chi connectivity index (χ1n) is 24.8. The third-order valence-corrected chi connectivity index (χ3v) is 12.8. The van der Waals surface area contributed by atoms with Gasteiger partial charge in [0.15, 0.2) is 18.4 Å². The average Bonchev–Trinajstić information content (AvgIpc) is 3.88. The Labute approximate surface area is 454 Å². The third kappa shape index (κ3) is 13.7. The number of esters is 4. The van der Waals surface area contributed by atoms with Crippen molar-refractivity contribution in [3.05, 3.63) is 95.1 Å². The Kier molecular flexibility index (Phi) is 19.2. The molecule has 7 amide bonds. The maximum absolute atomic E-state index is 15.3. The van der Waals surface area contributed by atoms with Gasteiger partial charge in [0.1, 0.15) is 49.6 Å². The minimum Gasteiger partial charge on any atom is -0.467 e. The molecule has 7 atom stereocenters. The van der Waals surface area contributed by atoms with E-state index in [1.54, 1.807) is 13.8 Å². The minimum atomic E-state index is -2.29. The Hall–Kier alpha value is -8.12. The molecule has 1 aliphatic carbocycles. The van der Waals surface area contributed by atoms with Crippen LogP contribution < -0.4 is 10.6 Å². The lowest BCUT2D eigenvalue weighted by atomic mass is 9.93. The van der Waals surface area contributed by atoms with E-state index in [1.807, 2.05) is 48.5 Å². The molecule has 3 aromatic carbocycles. The molecule has 416 valence electrons. The van der Waals surface area contributed by atoms with Crippen molar-refractivity contribution in [2.75, 3.05) is 26.9 Å². The van der Waals surface area contributed by atoms with Gasteiger partial charge in [-0.25, -0.2) is 19.3 Å². The summed E-state index contributed by atoms with van der Waals surface area (Å²) >= 11 is 5.40. The molecule has 0 radical (unpaired) electrons. The fourth-order valence-corrected chi connectivity index (χ4v) is 9.65. The molecule has 2 aliphatic heterocycles. The summed E-state index contributed by atoms with van der Waals surface area (Å²) in [5.74, 6) is -10.3. The molecular formula is C54H61N5O18S. The highest BCUT2D eigenvalue weighted by molar-refractivity contribution is 7.78. The second kappa shape index (κ2) is 25.4. The van der Waals surface area contributed by atoms with Gasteiger partial charge < -0.3 is 43.8 Å². The SMILES string of the molecule is COC(=O)[C@H](CC(C)C)NC(=O)[C@H](CC(=O)N(C=S)[C@@H]1O[C@H](COC(C)=O)[C@@H](OC(C)=O)[C@H](OC(C)=O)[C@H]1N1C(=O)c2ccccc2C1=O)N(C(=O)CNC(=O)OCC1c2ccccc2-c2ccccc21)C(=O)OC(C)(C)C. The molecule has 24 heteroatoms. The number of nitrogens with zero attached hydrogens (tertiary/aromatic N) is 3.